The highest BCUT2D eigenvalue weighted by molar-refractivity contribution is 7.91. The van der Waals surface area contributed by atoms with Gasteiger partial charge < -0.3 is 15.8 Å². The Labute approximate surface area is 101 Å². The van der Waals surface area contributed by atoms with Crippen LogP contribution in [0.25, 0.3) is 0 Å². The number of anilines is 2. The molecule has 1 aliphatic heterocycles. The molecule has 1 aliphatic rings. The molecule has 94 valence electrons. The fourth-order valence-corrected chi connectivity index (χ4v) is 3.62. The Balaban J connectivity index is 2.09. The van der Waals surface area contributed by atoms with E-state index in [0.29, 0.717) is 17.9 Å². The van der Waals surface area contributed by atoms with Crippen LogP contribution < -0.4 is 15.8 Å². The van der Waals surface area contributed by atoms with Crippen LogP contribution in [0.4, 0.5) is 11.4 Å². The highest BCUT2D eigenvalue weighted by atomic mass is 32.2. The van der Waals surface area contributed by atoms with Crippen molar-refractivity contribution in [3.8, 4) is 5.75 Å². The standard InChI is InChI=1S/C11H16N2O3S/c1-16-11-6-8(2-3-10(11)12)13-9-4-5-17(14,15)7-9/h2-3,6,9,13H,4-5,7,12H2,1H3. The second-order valence-corrected chi connectivity index (χ2v) is 6.43. The molecule has 6 heteroatoms. The van der Waals surface area contributed by atoms with Gasteiger partial charge in [0.2, 0.25) is 0 Å². The molecule has 5 nitrogen and oxygen atoms in total. The summed E-state index contributed by atoms with van der Waals surface area (Å²) in [6.45, 7) is 0. The fourth-order valence-electron chi connectivity index (χ4n) is 1.95. The Kier molecular flexibility index (Phi) is 3.15. The quantitative estimate of drug-likeness (QED) is 0.784. The molecule has 0 amide bonds. The molecular formula is C11H16N2O3S. The Hall–Kier alpha value is -1.43. The van der Waals surface area contributed by atoms with Gasteiger partial charge in [-0.2, -0.15) is 0 Å². The van der Waals surface area contributed by atoms with Crippen LogP contribution in [-0.4, -0.2) is 33.1 Å². The largest absolute Gasteiger partial charge is 0.495 e. The summed E-state index contributed by atoms with van der Waals surface area (Å²) in [5, 5.41) is 3.18. The van der Waals surface area contributed by atoms with Crippen molar-refractivity contribution < 1.29 is 13.2 Å². The molecular weight excluding hydrogens is 240 g/mol. The Morgan fingerprint density at radius 3 is 2.82 bits per heavy atom. The number of methoxy groups -OCH3 is 1. The zero-order valence-corrected chi connectivity index (χ0v) is 10.5. The first-order chi connectivity index (χ1) is 8.00. The van der Waals surface area contributed by atoms with E-state index < -0.39 is 9.84 Å². The SMILES string of the molecule is COc1cc(NC2CCS(=O)(=O)C2)ccc1N. The van der Waals surface area contributed by atoms with Crippen LogP contribution in [0.15, 0.2) is 18.2 Å². The van der Waals surface area contributed by atoms with E-state index in [-0.39, 0.29) is 17.5 Å². The Morgan fingerprint density at radius 2 is 2.24 bits per heavy atom. The van der Waals surface area contributed by atoms with Gasteiger partial charge in [0, 0.05) is 17.8 Å². The molecule has 3 N–H and O–H groups in total. The molecule has 1 unspecified atom stereocenters. The highest BCUT2D eigenvalue weighted by Gasteiger charge is 2.27. The van der Waals surface area contributed by atoms with E-state index in [0.717, 1.165) is 5.69 Å². The van der Waals surface area contributed by atoms with Gasteiger partial charge in [-0.15, -0.1) is 0 Å². The first kappa shape index (κ1) is 12.0. The van der Waals surface area contributed by atoms with Crippen molar-refractivity contribution in [2.45, 2.75) is 12.5 Å². The first-order valence-electron chi connectivity index (χ1n) is 5.40. The second kappa shape index (κ2) is 4.44. The van der Waals surface area contributed by atoms with Gasteiger partial charge in [-0.3, -0.25) is 0 Å². The van der Waals surface area contributed by atoms with Crippen molar-refractivity contribution >= 4 is 21.2 Å². The summed E-state index contributed by atoms with van der Waals surface area (Å²) in [6.07, 6.45) is 0.648. The Morgan fingerprint density at radius 1 is 1.47 bits per heavy atom. The van der Waals surface area contributed by atoms with Crippen LogP contribution in [0.1, 0.15) is 6.42 Å². The molecule has 1 aromatic carbocycles. The lowest BCUT2D eigenvalue weighted by molar-refractivity contribution is 0.417. The summed E-state index contributed by atoms with van der Waals surface area (Å²) in [5.74, 6) is 1.05. The number of nitrogens with two attached hydrogens (primary N) is 1. The zero-order chi connectivity index (χ0) is 12.5. The third-order valence-corrected chi connectivity index (χ3v) is 4.60. The summed E-state index contributed by atoms with van der Waals surface area (Å²) in [6, 6.07) is 5.32. The van der Waals surface area contributed by atoms with Crippen molar-refractivity contribution in [2.24, 2.45) is 0 Å². The fraction of sp³-hybridized carbons (Fsp3) is 0.455. The topological polar surface area (TPSA) is 81.4 Å². The number of hydrogen-bond donors (Lipinski definition) is 2. The highest BCUT2D eigenvalue weighted by Crippen LogP contribution is 2.26. The van der Waals surface area contributed by atoms with Crippen LogP contribution in [-0.2, 0) is 9.84 Å². The number of nitrogen functional groups attached to an aromatic ring is 1. The molecule has 0 aliphatic carbocycles. The molecule has 0 aromatic heterocycles. The molecule has 1 fully saturated rings. The predicted octanol–water partition coefficient (Wildman–Crippen LogP) is 0.876. The lowest BCUT2D eigenvalue weighted by atomic mass is 10.2. The van der Waals surface area contributed by atoms with Crippen LogP contribution >= 0.6 is 0 Å². The molecule has 0 spiro atoms. The third-order valence-electron chi connectivity index (χ3n) is 2.84. The number of ether oxygens (including phenoxy) is 1. The van der Waals surface area contributed by atoms with Gasteiger partial charge in [-0.1, -0.05) is 0 Å². The number of nitrogens with one attached hydrogen (secondary N) is 1. The molecule has 1 aromatic rings. The van der Waals surface area contributed by atoms with Gasteiger partial charge in [0.15, 0.2) is 9.84 Å². The minimum atomic E-state index is -2.86. The van der Waals surface area contributed by atoms with Crippen molar-refractivity contribution in [1.29, 1.82) is 0 Å². The summed E-state index contributed by atoms with van der Waals surface area (Å²) >= 11 is 0. The minimum Gasteiger partial charge on any atom is -0.495 e. The van der Waals surface area contributed by atoms with E-state index in [4.69, 9.17) is 10.5 Å². The third kappa shape index (κ3) is 2.82. The summed E-state index contributed by atoms with van der Waals surface area (Å²) in [5.41, 5.74) is 7.10. The number of hydrogen-bond acceptors (Lipinski definition) is 5. The predicted molar refractivity (Wildman–Crippen MR) is 68.1 cm³/mol. The lowest BCUT2D eigenvalue weighted by Gasteiger charge is -2.14. The van der Waals surface area contributed by atoms with Gasteiger partial charge in [0.1, 0.15) is 5.75 Å². The minimum absolute atomic E-state index is 0.0201. The number of rotatable bonds is 3. The lowest BCUT2D eigenvalue weighted by Crippen LogP contribution is -2.20. The summed E-state index contributed by atoms with van der Waals surface area (Å²) in [7, 11) is -1.31. The van der Waals surface area contributed by atoms with E-state index in [1.54, 1.807) is 19.2 Å². The molecule has 1 saturated heterocycles. The van der Waals surface area contributed by atoms with E-state index in [2.05, 4.69) is 5.32 Å². The maximum absolute atomic E-state index is 11.3. The average molecular weight is 256 g/mol. The van der Waals surface area contributed by atoms with Gasteiger partial charge in [0.25, 0.3) is 0 Å². The first-order valence-corrected chi connectivity index (χ1v) is 7.23. The molecule has 1 atom stereocenters. The number of sulfone groups is 1. The van der Waals surface area contributed by atoms with Gasteiger partial charge in [-0.25, -0.2) is 8.42 Å². The van der Waals surface area contributed by atoms with Crippen LogP contribution in [0.3, 0.4) is 0 Å². The smallest absolute Gasteiger partial charge is 0.152 e. The van der Waals surface area contributed by atoms with Gasteiger partial charge in [-0.05, 0) is 18.6 Å². The van der Waals surface area contributed by atoms with E-state index in [1.165, 1.54) is 0 Å². The van der Waals surface area contributed by atoms with Crippen molar-refractivity contribution in [3.63, 3.8) is 0 Å². The molecule has 0 radical (unpaired) electrons. The average Bonchev–Trinajstić information content (AvgIpc) is 2.61. The molecule has 0 saturated carbocycles. The van der Waals surface area contributed by atoms with E-state index in [1.807, 2.05) is 6.07 Å². The van der Waals surface area contributed by atoms with Crippen molar-refractivity contribution in [1.82, 2.24) is 0 Å². The van der Waals surface area contributed by atoms with Crippen LogP contribution in [0.2, 0.25) is 0 Å². The van der Waals surface area contributed by atoms with Gasteiger partial charge >= 0.3 is 0 Å². The van der Waals surface area contributed by atoms with Crippen LogP contribution in [0, 0.1) is 0 Å². The molecule has 1 heterocycles. The Bertz CT molecular complexity index is 513. The zero-order valence-electron chi connectivity index (χ0n) is 9.64. The van der Waals surface area contributed by atoms with Crippen molar-refractivity contribution in [3.05, 3.63) is 18.2 Å². The van der Waals surface area contributed by atoms with Gasteiger partial charge in [0.05, 0.1) is 24.3 Å². The summed E-state index contributed by atoms with van der Waals surface area (Å²) < 4.78 is 27.8. The molecule has 2 rings (SSSR count). The van der Waals surface area contributed by atoms with Crippen LogP contribution in [0.5, 0.6) is 5.75 Å². The normalized spacial score (nSPS) is 22.3. The maximum atomic E-state index is 11.3. The summed E-state index contributed by atoms with van der Waals surface area (Å²) in [4.78, 5) is 0. The second-order valence-electron chi connectivity index (χ2n) is 4.20. The van der Waals surface area contributed by atoms with E-state index in [9.17, 15) is 8.42 Å². The van der Waals surface area contributed by atoms with Crippen molar-refractivity contribution in [2.75, 3.05) is 29.7 Å². The number of benzene rings is 1. The molecule has 0 bridgehead atoms. The van der Waals surface area contributed by atoms with E-state index >= 15 is 0 Å². The maximum Gasteiger partial charge on any atom is 0.152 e. The monoisotopic (exact) mass is 256 g/mol. The molecule has 17 heavy (non-hydrogen) atoms.